The number of aryl methyl sites for hydroxylation is 1. The van der Waals surface area contributed by atoms with E-state index in [1.807, 2.05) is 0 Å². The van der Waals surface area contributed by atoms with Crippen molar-refractivity contribution >= 4 is 11.3 Å². The van der Waals surface area contributed by atoms with E-state index in [2.05, 4.69) is 41.4 Å². The first kappa shape index (κ1) is 11.0. The Kier molecular flexibility index (Phi) is 3.38. The maximum absolute atomic E-state index is 4.51. The molecule has 0 spiro atoms. The van der Waals surface area contributed by atoms with Crippen LogP contribution < -0.4 is 5.32 Å². The summed E-state index contributed by atoms with van der Waals surface area (Å²) in [6, 6.07) is 1.18. The third kappa shape index (κ3) is 3.00. The van der Waals surface area contributed by atoms with Gasteiger partial charge in [0.15, 0.2) is 0 Å². The van der Waals surface area contributed by atoms with Crippen molar-refractivity contribution in [1.29, 1.82) is 0 Å². The molecule has 0 saturated carbocycles. The lowest BCUT2D eigenvalue weighted by atomic mass is 10.1. The van der Waals surface area contributed by atoms with E-state index in [9.17, 15) is 0 Å². The van der Waals surface area contributed by atoms with E-state index < -0.39 is 0 Å². The molecule has 0 bridgehead atoms. The smallest absolute Gasteiger partial charge is 0.107 e. The summed E-state index contributed by atoms with van der Waals surface area (Å²) in [6.07, 6.45) is 0. The van der Waals surface area contributed by atoms with Crippen molar-refractivity contribution < 1.29 is 0 Å². The average Bonchev–Trinajstić information content (AvgIpc) is 2.49. The Hall–Kier alpha value is -0.450. The third-order valence-electron chi connectivity index (χ3n) is 2.66. The van der Waals surface area contributed by atoms with Gasteiger partial charge in [-0.05, 0) is 20.8 Å². The maximum atomic E-state index is 4.51. The predicted octanol–water partition coefficient (Wildman–Crippen LogP) is 1.63. The van der Waals surface area contributed by atoms with Crippen LogP contribution in [0.1, 0.15) is 24.5 Å². The lowest BCUT2D eigenvalue weighted by molar-refractivity contribution is 0.166. The second-order valence-corrected chi connectivity index (χ2v) is 5.49. The molecule has 1 aliphatic rings. The van der Waals surface area contributed by atoms with Gasteiger partial charge in [-0.2, -0.15) is 0 Å². The fourth-order valence-electron chi connectivity index (χ4n) is 2.24. The van der Waals surface area contributed by atoms with E-state index in [0.29, 0.717) is 12.1 Å². The first-order valence-electron chi connectivity index (χ1n) is 5.53. The summed E-state index contributed by atoms with van der Waals surface area (Å²) in [6.45, 7) is 9.81. The van der Waals surface area contributed by atoms with E-state index in [-0.39, 0.29) is 0 Å². The Bertz CT molecular complexity index is 313. The minimum atomic E-state index is 0.592. The van der Waals surface area contributed by atoms with Crippen molar-refractivity contribution in [1.82, 2.24) is 15.2 Å². The Morgan fingerprint density at radius 2 is 2.13 bits per heavy atom. The van der Waals surface area contributed by atoms with Crippen molar-refractivity contribution in [2.24, 2.45) is 0 Å². The molecule has 1 aromatic heterocycles. The quantitative estimate of drug-likeness (QED) is 0.829. The monoisotopic (exact) mass is 225 g/mol. The minimum Gasteiger partial charge on any atom is -0.309 e. The molecule has 4 heteroatoms. The fourth-order valence-corrected chi connectivity index (χ4v) is 3.05. The number of aromatic nitrogens is 1. The summed E-state index contributed by atoms with van der Waals surface area (Å²) < 4.78 is 0. The molecule has 3 nitrogen and oxygen atoms in total. The number of thiazole rings is 1. The van der Waals surface area contributed by atoms with Gasteiger partial charge in [0.1, 0.15) is 5.01 Å². The minimum absolute atomic E-state index is 0.592. The standard InChI is InChI=1S/C11H19N3S/c1-8-4-14(5-9(2)12-8)6-11-13-10(3)7-15-11/h7-9,12H,4-6H2,1-3H3. The van der Waals surface area contributed by atoms with Gasteiger partial charge < -0.3 is 5.32 Å². The Morgan fingerprint density at radius 1 is 1.47 bits per heavy atom. The van der Waals surface area contributed by atoms with Gasteiger partial charge in [-0.1, -0.05) is 0 Å². The summed E-state index contributed by atoms with van der Waals surface area (Å²) in [5, 5.41) is 6.92. The molecule has 0 amide bonds. The Morgan fingerprint density at radius 3 is 2.67 bits per heavy atom. The van der Waals surface area contributed by atoms with Gasteiger partial charge in [0.05, 0.1) is 6.54 Å². The molecule has 84 valence electrons. The number of nitrogens with one attached hydrogen (secondary N) is 1. The van der Waals surface area contributed by atoms with Gasteiger partial charge >= 0.3 is 0 Å². The molecule has 1 N–H and O–H groups in total. The van der Waals surface area contributed by atoms with Crippen molar-refractivity contribution in [3.05, 3.63) is 16.1 Å². The average molecular weight is 225 g/mol. The van der Waals surface area contributed by atoms with Crippen LogP contribution in [-0.4, -0.2) is 35.1 Å². The van der Waals surface area contributed by atoms with Gasteiger partial charge in [-0.3, -0.25) is 4.90 Å². The van der Waals surface area contributed by atoms with Gasteiger partial charge in [0, 0.05) is 36.2 Å². The highest BCUT2D eigenvalue weighted by Gasteiger charge is 2.21. The molecule has 1 aliphatic heterocycles. The van der Waals surface area contributed by atoms with E-state index in [1.165, 1.54) is 5.01 Å². The van der Waals surface area contributed by atoms with E-state index in [0.717, 1.165) is 25.3 Å². The Balaban J connectivity index is 1.94. The third-order valence-corrected chi connectivity index (χ3v) is 3.61. The molecule has 2 heterocycles. The molecule has 2 rings (SSSR count). The van der Waals surface area contributed by atoms with Crippen LogP contribution in [0.5, 0.6) is 0 Å². The van der Waals surface area contributed by atoms with Gasteiger partial charge in [0.2, 0.25) is 0 Å². The van der Waals surface area contributed by atoms with Crippen molar-refractivity contribution in [2.75, 3.05) is 13.1 Å². The van der Waals surface area contributed by atoms with Crippen molar-refractivity contribution in [2.45, 2.75) is 39.4 Å². The Labute approximate surface area is 95.5 Å². The maximum Gasteiger partial charge on any atom is 0.107 e. The molecule has 1 aromatic rings. The summed E-state index contributed by atoms with van der Waals surface area (Å²) in [4.78, 5) is 7.00. The van der Waals surface area contributed by atoms with Gasteiger partial charge in [0.25, 0.3) is 0 Å². The highest BCUT2D eigenvalue weighted by molar-refractivity contribution is 7.09. The summed E-state index contributed by atoms with van der Waals surface area (Å²) in [5.41, 5.74) is 1.14. The molecule has 2 unspecified atom stereocenters. The second kappa shape index (κ2) is 4.60. The van der Waals surface area contributed by atoms with Crippen LogP contribution in [0.2, 0.25) is 0 Å². The highest BCUT2D eigenvalue weighted by atomic mass is 32.1. The fraction of sp³-hybridized carbons (Fsp3) is 0.727. The van der Waals surface area contributed by atoms with Gasteiger partial charge in [-0.15, -0.1) is 11.3 Å². The van der Waals surface area contributed by atoms with E-state index in [4.69, 9.17) is 0 Å². The number of nitrogens with zero attached hydrogens (tertiary/aromatic N) is 2. The molecule has 0 radical (unpaired) electrons. The molecular weight excluding hydrogens is 206 g/mol. The van der Waals surface area contributed by atoms with Crippen LogP contribution in [0.4, 0.5) is 0 Å². The molecule has 0 aromatic carbocycles. The SMILES string of the molecule is Cc1csc(CN2CC(C)NC(C)C2)n1. The number of rotatable bonds is 2. The lowest BCUT2D eigenvalue weighted by Gasteiger charge is -2.35. The molecule has 1 fully saturated rings. The first-order chi connectivity index (χ1) is 7.13. The molecular formula is C11H19N3S. The molecule has 15 heavy (non-hydrogen) atoms. The summed E-state index contributed by atoms with van der Waals surface area (Å²) in [7, 11) is 0. The predicted molar refractivity (Wildman–Crippen MR) is 64.2 cm³/mol. The van der Waals surface area contributed by atoms with Crippen LogP contribution >= 0.6 is 11.3 Å². The normalized spacial score (nSPS) is 28.2. The lowest BCUT2D eigenvalue weighted by Crippen LogP contribution is -2.53. The van der Waals surface area contributed by atoms with Crippen LogP contribution in [0, 0.1) is 6.92 Å². The summed E-state index contributed by atoms with van der Waals surface area (Å²) in [5.74, 6) is 0. The number of hydrogen-bond donors (Lipinski definition) is 1. The first-order valence-corrected chi connectivity index (χ1v) is 6.41. The van der Waals surface area contributed by atoms with Crippen LogP contribution in [-0.2, 0) is 6.54 Å². The van der Waals surface area contributed by atoms with E-state index in [1.54, 1.807) is 11.3 Å². The summed E-state index contributed by atoms with van der Waals surface area (Å²) >= 11 is 1.77. The second-order valence-electron chi connectivity index (χ2n) is 4.55. The van der Waals surface area contributed by atoms with Crippen LogP contribution in [0.25, 0.3) is 0 Å². The molecule has 2 atom stereocenters. The number of piperazine rings is 1. The van der Waals surface area contributed by atoms with Crippen molar-refractivity contribution in [3.63, 3.8) is 0 Å². The van der Waals surface area contributed by atoms with Gasteiger partial charge in [-0.25, -0.2) is 4.98 Å². The highest BCUT2D eigenvalue weighted by Crippen LogP contribution is 2.14. The van der Waals surface area contributed by atoms with Crippen LogP contribution in [0.3, 0.4) is 0 Å². The number of hydrogen-bond acceptors (Lipinski definition) is 4. The molecule has 0 aliphatic carbocycles. The zero-order chi connectivity index (χ0) is 10.8. The zero-order valence-corrected chi connectivity index (χ0v) is 10.5. The zero-order valence-electron chi connectivity index (χ0n) is 9.66. The largest absolute Gasteiger partial charge is 0.309 e. The van der Waals surface area contributed by atoms with Crippen LogP contribution in [0.15, 0.2) is 5.38 Å². The van der Waals surface area contributed by atoms with E-state index >= 15 is 0 Å². The molecule has 1 saturated heterocycles. The topological polar surface area (TPSA) is 28.2 Å². The van der Waals surface area contributed by atoms with Crippen molar-refractivity contribution in [3.8, 4) is 0 Å².